The maximum Gasteiger partial charge on any atom is 0.433 e. The van der Waals surface area contributed by atoms with E-state index in [-0.39, 0.29) is 29.8 Å². The largest absolute Gasteiger partial charge is 0.433 e. The normalized spacial score (nSPS) is 25.0. The number of alkyl halides is 6. The third-order valence-corrected chi connectivity index (χ3v) is 7.04. The molecule has 3 aliphatic rings. The van der Waals surface area contributed by atoms with Crippen molar-refractivity contribution in [1.29, 1.82) is 0 Å². The lowest BCUT2D eigenvalue weighted by atomic mass is 9.97. The monoisotopic (exact) mass is 488 g/mol. The molecule has 0 unspecified atom stereocenters. The van der Waals surface area contributed by atoms with Crippen LogP contribution in [-0.4, -0.2) is 49.7 Å². The molecule has 1 amide bonds. The van der Waals surface area contributed by atoms with E-state index in [1.807, 2.05) is 4.57 Å². The van der Waals surface area contributed by atoms with Gasteiger partial charge in [-0.25, -0.2) is 4.98 Å². The summed E-state index contributed by atoms with van der Waals surface area (Å²) in [6, 6.07) is -0.0349. The van der Waals surface area contributed by atoms with E-state index < -0.39 is 29.7 Å². The number of halogens is 6. The molecule has 34 heavy (non-hydrogen) atoms. The van der Waals surface area contributed by atoms with Crippen molar-refractivity contribution >= 4 is 11.7 Å². The number of hydrogen-bond donors (Lipinski definition) is 0. The van der Waals surface area contributed by atoms with E-state index in [0.29, 0.717) is 56.6 Å². The van der Waals surface area contributed by atoms with E-state index in [9.17, 15) is 31.1 Å². The first-order valence-corrected chi connectivity index (χ1v) is 11.1. The Kier molecular flexibility index (Phi) is 5.28. The van der Waals surface area contributed by atoms with Crippen molar-refractivity contribution in [2.24, 2.45) is 5.92 Å². The van der Waals surface area contributed by atoms with Gasteiger partial charge in [0.1, 0.15) is 17.3 Å². The second-order valence-corrected chi connectivity index (χ2v) is 9.06. The molecular weight excluding hydrogens is 466 g/mol. The second kappa shape index (κ2) is 7.84. The molecule has 7 nitrogen and oxygen atoms in total. The first kappa shape index (κ1) is 22.9. The van der Waals surface area contributed by atoms with Gasteiger partial charge in [-0.3, -0.25) is 4.79 Å². The minimum Gasteiger partial charge on any atom is -0.343 e. The number of hydrogen-bond acceptors (Lipinski definition) is 5. The SMILES string of the molecule is CC(=O)N1CCc2nnc([C@@H]3[C@H]4CC[C@H](C4)N3c3cc(C(F)(F)F)cc(C(F)(F)F)n3)n2CC1. The van der Waals surface area contributed by atoms with Crippen LogP contribution in [0.2, 0.25) is 0 Å². The first-order chi connectivity index (χ1) is 15.9. The van der Waals surface area contributed by atoms with Crippen LogP contribution in [0.5, 0.6) is 0 Å². The summed E-state index contributed by atoms with van der Waals surface area (Å²) in [5.74, 6) is 0.733. The summed E-state index contributed by atoms with van der Waals surface area (Å²) in [6.07, 6.45) is -7.43. The molecule has 3 atom stereocenters. The molecule has 0 aromatic carbocycles. The lowest BCUT2D eigenvalue weighted by molar-refractivity contribution is -0.145. The zero-order chi connectivity index (χ0) is 24.4. The Morgan fingerprint density at radius 2 is 1.76 bits per heavy atom. The number of pyridine rings is 1. The fourth-order valence-corrected chi connectivity index (χ4v) is 5.49. The molecule has 2 bridgehead atoms. The Bertz CT molecular complexity index is 1080. The van der Waals surface area contributed by atoms with Gasteiger partial charge in [0.15, 0.2) is 5.82 Å². The molecule has 0 spiro atoms. The highest BCUT2D eigenvalue weighted by Gasteiger charge is 2.50. The Balaban J connectivity index is 1.57. The van der Waals surface area contributed by atoms with Crippen LogP contribution >= 0.6 is 0 Å². The molecule has 13 heteroatoms. The van der Waals surface area contributed by atoms with Crippen LogP contribution in [0.3, 0.4) is 0 Å². The number of piperidine rings is 1. The van der Waals surface area contributed by atoms with Crippen LogP contribution in [0.15, 0.2) is 12.1 Å². The van der Waals surface area contributed by atoms with Gasteiger partial charge >= 0.3 is 12.4 Å². The molecule has 2 aromatic heterocycles. The Hall–Kier alpha value is -2.86. The number of carbonyl (C=O) groups is 1. The van der Waals surface area contributed by atoms with Crippen LogP contribution in [0.4, 0.5) is 32.2 Å². The Labute approximate surface area is 190 Å². The molecule has 2 aromatic rings. The zero-order valence-corrected chi connectivity index (χ0v) is 18.2. The minimum absolute atomic E-state index is 0.0103. The van der Waals surface area contributed by atoms with Gasteiger partial charge in [0.25, 0.3) is 0 Å². The van der Waals surface area contributed by atoms with Crippen molar-refractivity contribution in [1.82, 2.24) is 24.6 Å². The van der Waals surface area contributed by atoms with Crippen molar-refractivity contribution in [2.75, 3.05) is 18.0 Å². The number of nitrogens with zero attached hydrogens (tertiary/aromatic N) is 6. The number of rotatable bonds is 2. The van der Waals surface area contributed by atoms with E-state index in [4.69, 9.17) is 0 Å². The third kappa shape index (κ3) is 3.88. The zero-order valence-electron chi connectivity index (χ0n) is 18.2. The number of amides is 1. The first-order valence-electron chi connectivity index (χ1n) is 11.1. The average Bonchev–Trinajstić information content (AvgIpc) is 3.43. The molecule has 2 fully saturated rings. The van der Waals surface area contributed by atoms with Crippen molar-refractivity contribution < 1.29 is 31.1 Å². The number of aromatic nitrogens is 4. The molecule has 2 aliphatic heterocycles. The highest BCUT2D eigenvalue weighted by atomic mass is 19.4. The highest BCUT2D eigenvalue weighted by molar-refractivity contribution is 5.73. The van der Waals surface area contributed by atoms with Gasteiger partial charge in [0.2, 0.25) is 5.91 Å². The molecule has 5 rings (SSSR count). The lowest BCUT2D eigenvalue weighted by Gasteiger charge is -2.36. The average molecular weight is 488 g/mol. The van der Waals surface area contributed by atoms with E-state index in [1.54, 1.807) is 9.80 Å². The predicted molar refractivity (Wildman–Crippen MR) is 107 cm³/mol. The van der Waals surface area contributed by atoms with Crippen molar-refractivity contribution in [3.05, 3.63) is 35.0 Å². The third-order valence-electron chi connectivity index (χ3n) is 7.04. The molecule has 184 valence electrons. The summed E-state index contributed by atoms with van der Waals surface area (Å²) < 4.78 is 82.6. The quantitative estimate of drug-likeness (QED) is 0.601. The van der Waals surface area contributed by atoms with Gasteiger partial charge in [0.05, 0.1) is 11.6 Å². The standard InChI is InChI=1S/C21H22F6N6O/c1-11(34)31-5-4-16-29-30-19(32(16)7-6-31)18-12-2-3-14(8-12)33(18)17-10-13(20(22,23)24)9-15(28-17)21(25,26)27/h9-10,12,14,18H,2-8H2,1H3/t12-,14+,18-/m0/s1. The van der Waals surface area contributed by atoms with Crippen LogP contribution in [0, 0.1) is 5.92 Å². The maximum absolute atomic E-state index is 13.5. The summed E-state index contributed by atoms with van der Waals surface area (Å²) in [4.78, 5) is 18.7. The van der Waals surface area contributed by atoms with E-state index in [0.717, 1.165) is 6.42 Å². The van der Waals surface area contributed by atoms with Crippen LogP contribution in [0.1, 0.15) is 55.1 Å². The van der Waals surface area contributed by atoms with Gasteiger partial charge in [0, 0.05) is 39.0 Å². The van der Waals surface area contributed by atoms with Crippen LogP contribution in [0.25, 0.3) is 0 Å². The van der Waals surface area contributed by atoms with Crippen molar-refractivity contribution in [3.8, 4) is 0 Å². The minimum atomic E-state index is -5.02. The topological polar surface area (TPSA) is 67.2 Å². The van der Waals surface area contributed by atoms with Crippen LogP contribution < -0.4 is 4.90 Å². The fraction of sp³-hybridized carbons (Fsp3) is 0.619. The molecule has 0 radical (unpaired) electrons. The molecule has 1 aliphatic carbocycles. The van der Waals surface area contributed by atoms with Gasteiger partial charge in [-0.15, -0.1) is 10.2 Å². The number of anilines is 1. The van der Waals surface area contributed by atoms with Gasteiger partial charge < -0.3 is 14.4 Å². The second-order valence-electron chi connectivity index (χ2n) is 9.06. The Morgan fingerprint density at radius 3 is 2.44 bits per heavy atom. The lowest BCUT2D eigenvalue weighted by Crippen LogP contribution is -2.38. The van der Waals surface area contributed by atoms with Gasteiger partial charge in [-0.2, -0.15) is 26.3 Å². The van der Waals surface area contributed by atoms with E-state index >= 15 is 0 Å². The number of carbonyl (C=O) groups excluding carboxylic acids is 1. The summed E-state index contributed by atoms with van der Waals surface area (Å²) in [5, 5.41) is 8.57. The molecule has 0 N–H and O–H groups in total. The molecular formula is C21H22F6N6O. The van der Waals surface area contributed by atoms with Crippen molar-refractivity contribution in [2.45, 2.75) is 63.6 Å². The van der Waals surface area contributed by atoms with Gasteiger partial charge in [-0.05, 0) is 37.3 Å². The summed E-state index contributed by atoms with van der Waals surface area (Å²) in [5.41, 5.74) is -2.96. The van der Waals surface area contributed by atoms with E-state index in [2.05, 4.69) is 15.2 Å². The van der Waals surface area contributed by atoms with Gasteiger partial charge in [-0.1, -0.05) is 0 Å². The smallest absolute Gasteiger partial charge is 0.343 e. The summed E-state index contributed by atoms with van der Waals surface area (Å²) >= 11 is 0. The summed E-state index contributed by atoms with van der Waals surface area (Å²) in [7, 11) is 0. The van der Waals surface area contributed by atoms with Crippen molar-refractivity contribution in [3.63, 3.8) is 0 Å². The molecule has 1 saturated carbocycles. The fourth-order valence-electron chi connectivity index (χ4n) is 5.49. The maximum atomic E-state index is 13.5. The predicted octanol–water partition coefficient (Wildman–Crippen LogP) is 3.85. The highest BCUT2D eigenvalue weighted by Crippen LogP contribution is 2.52. The molecule has 4 heterocycles. The van der Waals surface area contributed by atoms with Crippen LogP contribution in [-0.2, 0) is 30.1 Å². The number of fused-ring (bicyclic) bond motifs is 3. The molecule has 1 saturated heterocycles. The summed E-state index contributed by atoms with van der Waals surface area (Å²) in [6.45, 7) is 2.78. The Morgan fingerprint density at radius 1 is 1.00 bits per heavy atom. The van der Waals surface area contributed by atoms with E-state index in [1.165, 1.54) is 6.92 Å².